The summed E-state index contributed by atoms with van der Waals surface area (Å²) in [5.74, 6) is 1.99. The van der Waals surface area contributed by atoms with Gasteiger partial charge in [-0.15, -0.1) is 11.3 Å². The van der Waals surface area contributed by atoms with Crippen LogP contribution in [0.15, 0.2) is 42.7 Å². The van der Waals surface area contributed by atoms with Gasteiger partial charge in [0.05, 0.1) is 49.4 Å². The highest BCUT2D eigenvalue weighted by Gasteiger charge is 2.51. The second kappa shape index (κ2) is 15.4. The quantitative estimate of drug-likeness (QED) is 0.202. The van der Waals surface area contributed by atoms with Gasteiger partial charge in [-0.3, -0.25) is 9.69 Å². The highest BCUT2D eigenvalue weighted by molar-refractivity contribution is 7.15. The van der Waals surface area contributed by atoms with Crippen molar-refractivity contribution in [2.24, 2.45) is 11.3 Å². The Hall–Kier alpha value is -3.54. The molecule has 4 aliphatic carbocycles. The minimum atomic E-state index is -0.320. The Kier molecular flexibility index (Phi) is 10.9. The summed E-state index contributed by atoms with van der Waals surface area (Å²) in [6, 6.07) is 10.8. The molecule has 3 aromatic rings. The topological polar surface area (TPSA) is 114 Å². The zero-order valence-electron chi connectivity index (χ0n) is 31.1. The molecule has 11 heteroatoms. The van der Waals surface area contributed by atoms with Gasteiger partial charge in [0, 0.05) is 30.8 Å². The standard InChI is InChI=1S/C41H54N4O6S/c1-27(2)37-43-23-35(52-37)30-11-18-42-36(22-30)45(26-40-12-15-41(16-13-40,17-14-40)31-7-10-34(49-4)28(3)21-31)38(47)29-5-8-32(9-6-29)51-39(48)44-24-33(25-44)50-20-19-46/h7,10-11,18,21-23,27,29,32-33,46H,5-6,8-9,12-17,19-20,24-26H2,1-4H3. The average Bonchev–Trinajstić information content (AvgIpc) is 3.65. The Bertz CT molecular complexity index is 1700. The van der Waals surface area contributed by atoms with Gasteiger partial charge >= 0.3 is 6.09 Å². The van der Waals surface area contributed by atoms with Crippen LogP contribution >= 0.6 is 11.3 Å². The molecule has 0 radical (unpaired) electrons. The number of anilines is 1. The maximum absolute atomic E-state index is 14.7. The molecule has 2 amide bonds. The predicted molar refractivity (Wildman–Crippen MR) is 202 cm³/mol. The van der Waals surface area contributed by atoms with E-state index in [2.05, 4.69) is 50.0 Å². The highest BCUT2D eigenvalue weighted by atomic mass is 32.1. The summed E-state index contributed by atoms with van der Waals surface area (Å²) in [6.07, 6.45) is 12.5. The van der Waals surface area contributed by atoms with Crippen LogP contribution in [0.25, 0.3) is 10.4 Å². The van der Waals surface area contributed by atoms with Gasteiger partial charge < -0.3 is 24.2 Å². The summed E-state index contributed by atoms with van der Waals surface area (Å²) >= 11 is 1.70. The van der Waals surface area contributed by atoms with Crippen molar-refractivity contribution in [2.45, 2.75) is 109 Å². The number of amides is 2. The van der Waals surface area contributed by atoms with E-state index < -0.39 is 0 Å². The van der Waals surface area contributed by atoms with Crippen LogP contribution in [0.2, 0.25) is 0 Å². The first-order valence-electron chi connectivity index (χ1n) is 19.2. The number of pyridine rings is 1. The van der Waals surface area contributed by atoms with Gasteiger partial charge in [0.15, 0.2) is 0 Å². The molecule has 5 fully saturated rings. The van der Waals surface area contributed by atoms with Gasteiger partial charge in [0.25, 0.3) is 0 Å². The average molecular weight is 731 g/mol. The van der Waals surface area contributed by atoms with Crippen LogP contribution in [-0.2, 0) is 19.7 Å². The molecule has 10 nitrogen and oxygen atoms in total. The van der Waals surface area contributed by atoms with Crippen LogP contribution in [-0.4, -0.2) is 84.1 Å². The minimum Gasteiger partial charge on any atom is -0.496 e. The van der Waals surface area contributed by atoms with Crippen LogP contribution < -0.4 is 9.64 Å². The second-order valence-electron chi connectivity index (χ2n) is 16.0. The molecule has 5 aliphatic rings. The van der Waals surface area contributed by atoms with Crippen LogP contribution in [0, 0.1) is 18.3 Å². The van der Waals surface area contributed by atoms with Crippen LogP contribution in [0.4, 0.5) is 10.6 Å². The molecule has 2 bridgehead atoms. The van der Waals surface area contributed by atoms with E-state index in [1.54, 1.807) is 23.3 Å². The van der Waals surface area contributed by atoms with Gasteiger partial charge in [0.2, 0.25) is 5.91 Å². The number of aliphatic hydroxyl groups is 1. The zero-order chi connectivity index (χ0) is 36.5. The third-order valence-electron chi connectivity index (χ3n) is 12.3. The van der Waals surface area contributed by atoms with E-state index in [1.807, 2.05) is 23.4 Å². The number of thiazole rings is 1. The van der Waals surface area contributed by atoms with Crippen molar-refractivity contribution in [1.29, 1.82) is 0 Å². The highest BCUT2D eigenvalue weighted by Crippen LogP contribution is 2.58. The first-order valence-corrected chi connectivity index (χ1v) is 20.0. The summed E-state index contributed by atoms with van der Waals surface area (Å²) in [6.45, 7) is 8.33. The van der Waals surface area contributed by atoms with Crippen molar-refractivity contribution in [3.05, 3.63) is 58.9 Å². The lowest BCUT2D eigenvalue weighted by molar-refractivity contribution is -0.125. The lowest BCUT2D eigenvalue weighted by Crippen LogP contribution is -2.55. The molecular weight excluding hydrogens is 677 g/mol. The van der Waals surface area contributed by atoms with Crippen molar-refractivity contribution >= 4 is 29.2 Å². The Morgan fingerprint density at radius 1 is 1.00 bits per heavy atom. The van der Waals surface area contributed by atoms with Crippen molar-refractivity contribution < 1.29 is 28.9 Å². The van der Waals surface area contributed by atoms with E-state index >= 15 is 0 Å². The Morgan fingerprint density at radius 3 is 2.37 bits per heavy atom. The molecule has 0 atom stereocenters. The van der Waals surface area contributed by atoms with Crippen molar-refractivity contribution in [3.63, 3.8) is 0 Å². The van der Waals surface area contributed by atoms with E-state index in [4.69, 9.17) is 24.3 Å². The molecule has 0 unspecified atom stereocenters. The van der Waals surface area contributed by atoms with Gasteiger partial charge in [-0.25, -0.2) is 14.8 Å². The van der Waals surface area contributed by atoms with Crippen molar-refractivity contribution in [1.82, 2.24) is 14.9 Å². The monoisotopic (exact) mass is 730 g/mol. The number of carbonyl (C=O) groups excluding carboxylic acids is 2. The second-order valence-corrected chi connectivity index (χ2v) is 17.1. The molecule has 4 saturated carbocycles. The fraction of sp³-hybridized carbons (Fsp3) is 0.610. The van der Waals surface area contributed by atoms with Crippen molar-refractivity contribution in [2.75, 3.05) is 44.9 Å². The molecule has 3 heterocycles. The number of ether oxygens (including phenoxy) is 3. The third kappa shape index (κ3) is 7.59. The molecule has 52 heavy (non-hydrogen) atoms. The molecule has 1 aromatic carbocycles. The Morgan fingerprint density at radius 2 is 1.73 bits per heavy atom. The van der Waals surface area contributed by atoms with Crippen LogP contribution in [0.3, 0.4) is 0 Å². The number of carbonyl (C=O) groups is 2. The molecule has 1 saturated heterocycles. The number of likely N-dealkylation sites (tertiary alicyclic amines) is 1. The molecular formula is C41H54N4O6S. The number of aliphatic hydroxyl groups excluding tert-OH is 1. The number of aromatic nitrogens is 2. The number of hydrogen-bond donors (Lipinski definition) is 1. The number of aryl methyl sites for hydroxylation is 1. The summed E-state index contributed by atoms with van der Waals surface area (Å²) in [7, 11) is 1.73. The molecule has 280 valence electrons. The van der Waals surface area contributed by atoms with E-state index in [9.17, 15) is 9.59 Å². The third-order valence-corrected chi connectivity index (χ3v) is 13.7. The smallest absolute Gasteiger partial charge is 0.410 e. The summed E-state index contributed by atoms with van der Waals surface area (Å²) in [4.78, 5) is 41.7. The normalized spacial score (nSPS) is 25.9. The minimum absolute atomic E-state index is 0.0287. The van der Waals surface area contributed by atoms with Crippen LogP contribution in [0.1, 0.15) is 100 Å². The maximum atomic E-state index is 14.7. The summed E-state index contributed by atoms with van der Waals surface area (Å²) in [5.41, 5.74) is 3.88. The Labute approximate surface area is 311 Å². The first-order chi connectivity index (χ1) is 25.1. The molecule has 1 N–H and O–H groups in total. The van der Waals surface area contributed by atoms with Gasteiger partial charge in [-0.1, -0.05) is 26.0 Å². The lowest BCUT2D eigenvalue weighted by Gasteiger charge is -2.55. The number of hydrogen-bond acceptors (Lipinski definition) is 9. The summed E-state index contributed by atoms with van der Waals surface area (Å²) < 4.78 is 16.9. The number of methoxy groups -OCH3 is 1. The molecule has 2 aromatic heterocycles. The maximum Gasteiger partial charge on any atom is 0.410 e. The summed E-state index contributed by atoms with van der Waals surface area (Å²) in [5, 5.41) is 10.1. The number of fused-ring (bicyclic) bond motifs is 3. The molecule has 8 rings (SSSR count). The molecule has 0 spiro atoms. The van der Waals surface area contributed by atoms with E-state index in [-0.39, 0.29) is 54.2 Å². The Balaban J connectivity index is 1.06. The van der Waals surface area contributed by atoms with Crippen molar-refractivity contribution in [3.8, 4) is 16.2 Å². The number of benzene rings is 1. The fourth-order valence-electron chi connectivity index (χ4n) is 8.93. The van der Waals surface area contributed by atoms with E-state index in [0.29, 0.717) is 57.1 Å². The van der Waals surface area contributed by atoms with Gasteiger partial charge in [-0.05, 0) is 117 Å². The first kappa shape index (κ1) is 36.8. The van der Waals surface area contributed by atoms with Gasteiger partial charge in [0.1, 0.15) is 17.7 Å². The largest absolute Gasteiger partial charge is 0.496 e. The number of nitrogens with zero attached hydrogens (tertiary/aromatic N) is 4. The lowest BCUT2D eigenvalue weighted by atomic mass is 9.51. The number of rotatable bonds is 12. The fourth-order valence-corrected chi connectivity index (χ4v) is 9.85. The predicted octanol–water partition coefficient (Wildman–Crippen LogP) is 7.66. The molecule has 1 aliphatic heterocycles. The SMILES string of the molecule is COc1ccc(C23CCC(CN(C(=O)C4CCC(OC(=O)N5CC(OCCO)C5)CC4)c4cc(-c5cnc(C(C)C)s5)ccn4)(CC2)CC3)cc1C. The van der Waals surface area contributed by atoms with E-state index in [1.165, 1.54) is 11.1 Å². The van der Waals surface area contributed by atoms with E-state index in [0.717, 1.165) is 59.7 Å². The van der Waals surface area contributed by atoms with Gasteiger partial charge in [-0.2, -0.15) is 0 Å². The zero-order valence-corrected chi connectivity index (χ0v) is 32.0. The van der Waals surface area contributed by atoms with Crippen LogP contribution in [0.5, 0.6) is 5.75 Å².